The number of aromatic nitrogens is 6. The minimum Gasteiger partial charge on any atom is -0.475 e. The van der Waals surface area contributed by atoms with Crippen molar-refractivity contribution in [2.75, 3.05) is 45.1 Å². The van der Waals surface area contributed by atoms with Crippen LogP contribution in [0.5, 0.6) is 5.88 Å². The van der Waals surface area contributed by atoms with E-state index < -0.39 is 5.97 Å². The number of anilines is 3. The van der Waals surface area contributed by atoms with Crippen LogP contribution in [0.15, 0.2) is 30.6 Å². The van der Waals surface area contributed by atoms with Crippen LogP contribution in [-0.2, 0) is 16.5 Å². The lowest BCUT2D eigenvalue weighted by Gasteiger charge is -2.15. The molecule has 4 rings (SSSR count). The van der Waals surface area contributed by atoms with E-state index in [-0.39, 0.29) is 11.5 Å². The quantitative estimate of drug-likeness (QED) is 0.271. The van der Waals surface area contributed by atoms with Crippen LogP contribution in [0.2, 0.25) is 0 Å². The smallest absolute Gasteiger partial charge is 0.360 e. The van der Waals surface area contributed by atoms with Gasteiger partial charge in [-0.1, -0.05) is 0 Å². The Labute approximate surface area is 201 Å². The number of aryl methyl sites for hydroxylation is 2. The molecule has 4 heterocycles. The van der Waals surface area contributed by atoms with Crippen molar-refractivity contribution >= 4 is 34.3 Å². The number of fused-ring (bicyclic) bond motifs is 1. The first-order valence-corrected chi connectivity index (χ1v) is 10.8. The number of esters is 1. The zero-order chi connectivity index (χ0) is 24.9. The van der Waals surface area contributed by atoms with Crippen LogP contribution in [0.4, 0.5) is 17.3 Å². The van der Waals surface area contributed by atoms with Crippen molar-refractivity contribution in [3.63, 3.8) is 0 Å². The fourth-order valence-electron chi connectivity index (χ4n) is 3.49. The van der Waals surface area contributed by atoms with Crippen molar-refractivity contribution in [3.05, 3.63) is 42.0 Å². The summed E-state index contributed by atoms with van der Waals surface area (Å²) in [6, 6.07) is 5.31. The van der Waals surface area contributed by atoms with Crippen LogP contribution < -0.4 is 15.4 Å². The van der Waals surface area contributed by atoms with Gasteiger partial charge in [0.05, 0.1) is 30.9 Å². The number of rotatable bonds is 9. The summed E-state index contributed by atoms with van der Waals surface area (Å²) in [4.78, 5) is 35.1. The number of hydrogen-bond donors (Lipinski definition) is 2. The third-order valence-corrected chi connectivity index (χ3v) is 5.14. The monoisotopic (exact) mass is 478 g/mol. The van der Waals surface area contributed by atoms with Gasteiger partial charge >= 0.3 is 5.97 Å². The second-order valence-electron chi connectivity index (χ2n) is 7.52. The van der Waals surface area contributed by atoms with Gasteiger partial charge in [0.1, 0.15) is 12.3 Å². The van der Waals surface area contributed by atoms with Crippen molar-refractivity contribution in [1.29, 1.82) is 0 Å². The van der Waals surface area contributed by atoms with E-state index in [1.807, 2.05) is 18.5 Å². The summed E-state index contributed by atoms with van der Waals surface area (Å²) in [6.45, 7) is 2.62. The SMILES string of the molecule is CNc1nc(Nc2cc(C)nc(OCCOC)c2)c(C(=O)OC)nc1-c1nc2ccncc2n1C. The van der Waals surface area contributed by atoms with E-state index in [1.165, 1.54) is 7.11 Å². The van der Waals surface area contributed by atoms with Crippen LogP contribution in [0.3, 0.4) is 0 Å². The molecule has 12 heteroatoms. The zero-order valence-corrected chi connectivity index (χ0v) is 20.1. The molecule has 0 radical (unpaired) electrons. The fraction of sp³-hybridized carbons (Fsp3) is 0.304. The summed E-state index contributed by atoms with van der Waals surface area (Å²) in [5.74, 6) is 0.922. The number of pyridine rings is 2. The minimum atomic E-state index is -0.647. The maximum atomic E-state index is 12.7. The van der Waals surface area contributed by atoms with E-state index in [0.29, 0.717) is 47.8 Å². The average molecular weight is 479 g/mol. The van der Waals surface area contributed by atoms with Gasteiger partial charge in [-0.3, -0.25) is 4.98 Å². The summed E-state index contributed by atoms with van der Waals surface area (Å²) in [5, 5.41) is 6.20. The number of methoxy groups -OCH3 is 2. The molecule has 4 aromatic rings. The van der Waals surface area contributed by atoms with Crippen LogP contribution in [0.25, 0.3) is 22.6 Å². The molecule has 0 aromatic carbocycles. The Balaban J connectivity index is 1.78. The van der Waals surface area contributed by atoms with Gasteiger partial charge in [0.2, 0.25) is 5.88 Å². The van der Waals surface area contributed by atoms with Gasteiger partial charge in [-0.25, -0.2) is 24.7 Å². The van der Waals surface area contributed by atoms with Gasteiger partial charge in [0, 0.05) is 44.8 Å². The van der Waals surface area contributed by atoms with E-state index in [0.717, 1.165) is 11.0 Å². The molecule has 0 amide bonds. The highest BCUT2D eigenvalue weighted by molar-refractivity contribution is 5.95. The topological polar surface area (TPSA) is 138 Å². The highest BCUT2D eigenvalue weighted by atomic mass is 16.5. The lowest BCUT2D eigenvalue weighted by molar-refractivity contribution is 0.0595. The first-order chi connectivity index (χ1) is 16.9. The summed E-state index contributed by atoms with van der Waals surface area (Å²) in [7, 11) is 6.46. The molecule has 35 heavy (non-hydrogen) atoms. The largest absolute Gasteiger partial charge is 0.475 e. The predicted octanol–water partition coefficient (Wildman–Crippen LogP) is 2.73. The number of nitrogens with one attached hydrogen (secondary N) is 2. The molecular formula is C23H26N8O4. The standard InChI is InChI=1S/C23H26N8O4/c1-13-10-14(11-17(26-13)35-9-8-33-4)27-21-19(23(32)34-5)29-18(20(24-2)30-21)22-28-15-6-7-25-12-16(15)31(22)3/h6-7,10-12H,8-9H2,1-5H3,(H2,24,26,27,30). The Morgan fingerprint density at radius 3 is 2.63 bits per heavy atom. The van der Waals surface area contributed by atoms with Crippen LogP contribution in [-0.4, -0.2) is 69.9 Å². The first-order valence-electron chi connectivity index (χ1n) is 10.8. The maximum absolute atomic E-state index is 12.7. The van der Waals surface area contributed by atoms with Crippen LogP contribution in [0, 0.1) is 6.92 Å². The Bertz CT molecular complexity index is 1370. The van der Waals surface area contributed by atoms with Crippen LogP contribution in [0.1, 0.15) is 16.2 Å². The van der Waals surface area contributed by atoms with Gasteiger partial charge < -0.3 is 29.4 Å². The van der Waals surface area contributed by atoms with E-state index in [1.54, 1.807) is 44.8 Å². The number of hydrogen-bond acceptors (Lipinski definition) is 11. The van der Waals surface area contributed by atoms with Gasteiger partial charge in [-0.05, 0) is 19.1 Å². The molecular weight excluding hydrogens is 452 g/mol. The van der Waals surface area contributed by atoms with E-state index in [9.17, 15) is 4.79 Å². The molecule has 4 aromatic heterocycles. The second kappa shape index (κ2) is 10.3. The molecule has 0 saturated carbocycles. The van der Waals surface area contributed by atoms with Crippen LogP contribution >= 0.6 is 0 Å². The molecule has 2 N–H and O–H groups in total. The lowest BCUT2D eigenvalue weighted by atomic mass is 10.3. The van der Waals surface area contributed by atoms with Crippen molar-refractivity contribution in [1.82, 2.24) is 29.5 Å². The molecule has 0 aliphatic heterocycles. The Morgan fingerprint density at radius 1 is 1.09 bits per heavy atom. The first kappa shape index (κ1) is 23.8. The molecule has 0 aliphatic carbocycles. The highest BCUT2D eigenvalue weighted by Crippen LogP contribution is 2.31. The summed E-state index contributed by atoms with van der Waals surface area (Å²) in [6.07, 6.45) is 3.38. The number of ether oxygens (including phenoxy) is 3. The van der Waals surface area contributed by atoms with E-state index >= 15 is 0 Å². The summed E-state index contributed by atoms with van der Waals surface area (Å²) >= 11 is 0. The van der Waals surface area contributed by atoms with Crippen molar-refractivity contribution in [2.24, 2.45) is 7.05 Å². The molecule has 0 unspecified atom stereocenters. The molecule has 182 valence electrons. The van der Waals surface area contributed by atoms with Gasteiger partial charge in [0.25, 0.3) is 0 Å². The summed E-state index contributed by atoms with van der Waals surface area (Å²) < 4.78 is 17.5. The molecule has 0 fully saturated rings. The number of carbonyl (C=O) groups is 1. The highest BCUT2D eigenvalue weighted by Gasteiger charge is 2.24. The molecule has 0 aliphatic rings. The number of carbonyl (C=O) groups excluding carboxylic acids is 1. The number of imidazole rings is 1. The lowest BCUT2D eigenvalue weighted by Crippen LogP contribution is -2.14. The Hall–Kier alpha value is -4.32. The second-order valence-corrected chi connectivity index (χ2v) is 7.52. The third-order valence-electron chi connectivity index (χ3n) is 5.14. The predicted molar refractivity (Wildman–Crippen MR) is 130 cm³/mol. The number of nitrogens with zero attached hydrogens (tertiary/aromatic N) is 6. The van der Waals surface area contributed by atoms with Crippen molar-refractivity contribution < 1.29 is 19.0 Å². The van der Waals surface area contributed by atoms with Gasteiger partial charge in [0.15, 0.2) is 23.2 Å². The Morgan fingerprint density at radius 2 is 1.91 bits per heavy atom. The van der Waals surface area contributed by atoms with E-state index in [4.69, 9.17) is 14.2 Å². The average Bonchev–Trinajstić information content (AvgIpc) is 3.19. The zero-order valence-electron chi connectivity index (χ0n) is 20.1. The molecule has 0 spiro atoms. The van der Waals surface area contributed by atoms with Gasteiger partial charge in [-0.2, -0.15) is 0 Å². The molecule has 0 bridgehead atoms. The van der Waals surface area contributed by atoms with Crippen molar-refractivity contribution in [3.8, 4) is 17.4 Å². The maximum Gasteiger partial charge on any atom is 0.360 e. The van der Waals surface area contributed by atoms with Gasteiger partial charge in [-0.15, -0.1) is 0 Å². The summed E-state index contributed by atoms with van der Waals surface area (Å²) in [5.41, 5.74) is 3.30. The van der Waals surface area contributed by atoms with Crippen molar-refractivity contribution in [2.45, 2.75) is 6.92 Å². The fourth-order valence-corrected chi connectivity index (χ4v) is 3.49. The molecule has 0 saturated heterocycles. The Kier molecular flexibility index (Phi) is 7.01. The minimum absolute atomic E-state index is 0.00278. The molecule has 12 nitrogen and oxygen atoms in total. The van der Waals surface area contributed by atoms with E-state index in [2.05, 4.69) is 35.6 Å². The third kappa shape index (κ3) is 4.96. The normalized spacial score (nSPS) is 10.9. The molecule has 0 atom stereocenters.